The van der Waals surface area contributed by atoms with Crippen molar-refractivity contribution in [1.29, 1.82) is 0 Å². The Bertz CT molecular complexity index is 1100. The van der Waals surface area contributed by atoms with Crippen LogP contribution < -0.4 is 14.8 Å². The quantitative estimate of drug-likeness (QED) is 0.569. The smallest absolute Gasteiger partial charge is 0.265 e. The molecule has 7 nitrogen and oxygen atoms in total. The van der Waals surface area contributed by atoms with Crippen LogP contribution in [0, 0.1) is 6.92 Å². The summed E-state index contributed by atoms with van der Waals surface area (Å²) in [5, 5.41) is 2.77. The summed E-state index contributed by atoms with van der Waals surface area (Å²) < 4.78 is 33.2. The van der Waals surface area contributed by atoms with Crippen LogP contribution in [0.15, 0.2) is 78.0 Å². The average Bonchev–Trinajstić information content (AvgIpc) is 2.73. The number of carbonyl (C=O) groups is 1. The number of aryl methyl sites for hydroxylation is 1. The van der Waals surface area contributed by atoms with Crippen LogP contribution in [0.3, 0.4) is 0 Å². The summed E-state index contributed by atoms with van der Waals surface area (Å²) in [6.07, 6.45) is 2.80. The Balaban J connectivity index is 1.66. The lowest BCUT2D eigenvalue weighted by molar-refractivity contribution is -0.122. The van der Waals surface area contributed by atoms with Crippen LogP contribution in [-0.4, -0.2) is 25.4 Å². The molecule has 8 heteroatoms. The van der Waals surface area contributed by atoms with Gasteiger partial charge < -0.3 is 10.1 Å². The van der Waals surface area contributed by atoms with Crippen molar-refractivity contribution in [1.82, 2.24) is 4.98 Å². The maximum atomic E-state index is 12.6. The molecule has 0 unspecified atom stereocenters. The zero-order chi connectivity index (χ0) is 21.6. The largest absolute Gasteiger partial charge is 0.481 e. The topological polar surface area (TPSA) is 97.4 Å². The second-order valence-electron chi connectivity index (χ2n) is 6.69. The van der Waals surface area contributed by atoms with Crippen LogP contribution >= 0.6 is 0 Å². The highest BCUT2D eigenvalue weighted by Gasteiger charge is 2.19. The van der Waals surface area contributed by atoms with Crippen molar-refractivity contribution in [3.63, 3.8) is 0 Å². The second-order valence-corrected chi connectivity index (χ2v) is 8.37. The molecule has 156 valence electrons. The van der Waals surface area contributed by atoms with Crippen molar-refractivity contribution >= 4 is 27.3 Å². The number of rotatable bonds is 8. The van der Waals surface area contributed by atoms with Crippen molar-refractivity contribution in [3.8, 4) is 5.75 Å². The van der Waals surface area contributed by atoms with E-state index in [4.69, 9.17) is 4.74 Å². The maximum Gasteiger partial charge on any atom is 0.265 e. The molecule has 0 saturated carbocycles. The summed E-state index contributed by atoms with van der Waals surface area (Å²) in [5.74, 6) is 0.322. The number of pyridine rings is 1. The van der Waals surface area contributed by atoms with Crippen LogP contribution in [0.1, 0.15) is 18.9 Å². The number of nitrogens with one attached hydrogen (secondary N) is 2. The van der Waals surface area contributed by atoms with Gasteiger partial charge in [0.1, 0.15) is 5.75 Å². The standard InChI is InChI=1S/C22H23N3O4S/c1-3-21(29-19-8-4-6-16(2)14-19)22(26)24-17-9-11-20(12-10-17)30(27,28)25-18-7-5-13-23-15-18/h4-15,21,25H,3H2,1-2H3,(H,24,26)/t21-/m0/s1. The third kappa shape index (κ3) is 5.57. The van der Waals surface area contributed by atoms with Crippen molar-refractivity contribution in [2.75, 3.05) is 10.0 Å². The van der Waals surface area contributed by atoms with Gasteiger partial charge in [0.25, 0.3) is 15.9 Å². The molecule has 0 spiro atoms. The van der Waals surface area contributed by atoms with Crippen LogP contribution in [-0.2, 0) is 14.8 Å². The van der Waals surface area contributed by atoms with Gasteiger partial charge in [0, 0.05) is 11.9 Å². The Morgan fingerprint density at radius 2 is 1.83 bits per heavy atom. The highest BCUT2D eigenvalue weighted by molar-refractivity contribution is 7.92. The Morgan fingerprint density at radius 1 is 1.07 bits per heavy atom. The minimum absolute atomic E-state index is 0.0763. The summed E-state index contributed by atoms with van der Waals surface area (Å²) in [6, 6.07) is 16.7. The molecule has 0 fully saturated rings. The zero-order valence-corrected chi connectivity index (χ0v) is 17.5. The van der Waals surface area contributed by atoms with E-state index >= 15 is 0 Å². The van der Waals surface area contributed by atoms with Crippen LogP contribution in [0.2, 0.25) is 0 Å². The second kappa shape index (κ2) is 9.41. The lowest BCUT2D eigenvalue weighted by Crippen LogP contribution is -2.32. The highest BCUT2D eigenvalue weighted by atomic mass is 32.2. The predicted octanol–water partition coefficient (Wildman–Crippen LogP) is 3.99. The molecular formula is C22H23N3O4S. The van der Waals surface area contributed by atoms with Gasteiger partial charge in [0.15, 0.2) is 6.10 Å². The Labute approximate surface area is 176 Å². The van der Waals surface area contributed by atoms with Gasteiger partial charge in [-0.05, 0) is 67.4 Å². The van der Waals surface area contributed by atoms with E-state index in [-0.39, 0.29) is 10.8 Å². The molecule has 3 rings (SSSR count). The van der Waals surface area contributed by atoms with E-state index in [0.29, 0.717) is 23.5 Å². The zero-order valence-electron chi connectivity index (χ0n) is 16.7. The number of carbonyl (C=O) groups excluding carboxylic acids is 1. The monoisotopic (exact) mass is 425 g/mol. The minimum atomic E-state index is -3.75. The summed E-state index contributed by atoms with van der Waals surface area (Å²) >= 11 is 0. The van der Waals surface area contributed by atoms with E-state index in [9.17, 15) is 13.2 Å². The summed E-state index contributed by atoms with van der Waals surface area (Å²) in [6.45, 7) is 3.81. The number of sulfonamides is 1. The SMILES string of the molecule is CC[C@H](Oc1cccc(C)c1)C(=O)Nc1ccc(S(=O)(=O)Nc2cccnc2)cc1. The predicted molar refractivity (Wildman–Crippen MR) is 116 cm³/mol. The molecule has 1 amide bonds. The van der Waals surface area contributed by atoms with Crippen molar-refractivity contribution in [2.45, 2.75) is 31.3 Å². The molecule has 0 bridgehead atoms. The number of aromatic nitrogens is 1. The van der Waals surface area contributed by atoms with Gasteiger partial charge in [0.05, 0.1) is 16.8 Å². The fraction of sp³-hybridized carbons (Fsp3) is 0.182. The van der Waals surface area contributed by atoms with E-state index in [1.54, 1.807) is 24.4 Å². The number of nitrogens with zero attached hydrogens (tertiary/aromatic N) is 1. The van der Waals surface area contributed by atoms with E-state index < -0.39 is 16.1 Å². The van der Waals surface area contributed by atoms with E-state index in [2.05, 4.69) is 15.0 Å². The molecule has 3 aromatic rings. The molecule has 0 radical (unpaired) electrons. The molecule has 2 N–H and O–H groups in total. The van der Waals surface area contributed by atoms with Crippen molar-refractivity contribution in [3.05, 3.63) is 78.6 Å². The Hall–Kier alpha value is -3.39. The van der Waals surface area contributed by atoms with Crippen molar-refractivity contribution in [2.24, 2.45) is 0 Å². The lowest BCUT2D eigenvalue weighted by Gasteiger charge is -2.17. The first kappa shape index (κ1) is 21.3. The fourth-order valence-electron chi connectivity index (χ4n) is 2.75. The van der Waals surface area contributed by atoms with Gasteiger partial charge in [-0.1, -0.05) is 19.1 Å². The number of anilines is 2. The molecule has 0 aliphatic carbocycles. The maximum absolute atomic E-state index is 12.6. The molecule has 0 saturated heterocycles. The van der Waals surface area contributed by atoms with Gasteiger partial charge >= 0.3 is 0 Å². The number of benzene rings is 2. The van der Waals surface area contributed by atoms with Crippen molar-refractivity contribution < 1.29 is 17.9 Å². The third-order valence-electron chi connectivity index (χ3n) is 4.28. The molecule has 1 heterocycles. The summed E-state index contributed by atoms with van der Waals surface area (Å²) in [5.41, 5.74) is 1.89. The number of amides is 1. The van der Waals surface area contributed by atoms with Gasteiger partial charge in [-0.2, -0.15) is 0 Å². The highest BCUT2D eigenvalue weighted by Crippen LogP contribution is 2.19. The summed E-state index contributed by atoms with van der Waals surface area (Å²) in [4.78, 5) is 16.5. The third-order valence-corrected chi connectivity index (χ3v) is 5.67. The molecule has 0 aliphatic heterocycles. The van der Waals surface area contributed by atoms with Gasteiger partial charge in [-0.25, -0.2) is 8.42 Å². The lowest BCUT2D eigenvalue weighted by atomic mass is 10.2. The van der Waals surface area contributed by atoms with Crippen LogP contribution in [0.4, 0.5) is 11.4 Å². The van der Waals surface area contributed by atoms with Crippen LogP contribution in [0.5, 0.6) is 5.75 Å². The van der Waals surface area contributed by atoms with E-state index in [0.717, 1.165) is 5.56 Å². The van der Waals surface area contributed by atoms with Gasteiger partial charge in [-0.15, -0.1) is 0 Å². The Kier molecular flexibility index (Phi) is 6.68. The minimum Gasteiger partial charge on any atom is -0.481 e. The molecule has 0 aliphatic rings. The number of ether oxygens (including phenoxy) is 1. The number of hydrogen-bond acceptors (Lipinski definition) is 5. The normalized spacial score (nSPS) is 12.1. The molecule has 1 atom stereocenters. The average molecular weight is 426 g/mol. The molecule has 1 aromatic heterocycles. The Morgan fingerprint density at radius 3 is 2.47 bits per heavy atom. The van der Waals surface area contributed by atoms with E-state index in [1.165, 1.54) is 30.5 Å². The fourth-order valence-corrected chi connectivity index (χ4v) is 3.80. The molecule has 2 aromatic carbocycles. The number of hydrogen-bond donors (Lipinski definition) is 2. The first-order valence-electron chi connectivity index (χ1n) is 9.44. The van der Waals surface area contributed by atoms with E-state index in [1.807, 2.05) is 32.0 Å². The van der Waals surface area contributed by atoms with Gasteiger partial charge in [-0.3, -0.25) is 14.5 Å². The molecular weight excluding hydrogens is 402 g/mol. The first-order valence-corrected chi connectivity index (χ1v) is 10.9. The first-order chi connectivity index (χ1) is 14.4. The van der Waals surface area contributed by atoms with Crippen LogP contribution in [0.25, 0.3) is 0 Å². The summed E-state index contributed by atoms with van der Waals surface area (Å²) in [7, 11) is -3.75. The van der Waals surface area contributed by atoms with Gasteiger partial charge in [0.2, 0.25) is 0 Å². The molecule has 30 heavy (non-hydrogen) atoms.